The topological polar surface area (TPSA) is 0 Å². The number of rotatable bonds is 2. The predicted octanol–water partition coefficient (Wildman–Crippen LogP) is 5.18. The zero-order chi connectivity index (χ0) is 11.7. The third kappa shape index (κ3) is 2.34. The van der Waals surface area contributed by atoms with Gasteiger partial charge in [0, 0.05) is 4.83 Å². The molecule has 0 amide bonds. The molecule has 2 rings (SSSR count). The van der Waals surface area contributed by atoms with E-state index in [-0.39, 0.29) is 0 Å². The van der Waals surface area contributed by atoms with Gasteiger partial charge in [-0.1, -0.05) is 59.5 Å². The van der Waals surface area contributed by atoms with E-state index in [1.165, 1.54) is 36.0 Å². The van der Waals surface area contributed by atoms with Crippen LogP contribution in [0.3, 0.4) is 0 Å². The molecule has 0 radical (unpaired) electrons. The zero-order valence-electron chi connectivity index (χ0n) is 10.5. The predicted molar refractivity (Wildman–Crippen MR) is 74.1 cm³/mol. The van der Waals surface area contributed by atoms with Crippen molar-refractivity contribution in [2.45, 2.75) is 44.9 Å². The maximum atomic E-state index is 3.94. The first-order valence-corrected chi connectivity index (χ1v) is 7.22. The second kappa shape index (κ2) is 4.91. The molecular weight excluding hydrogens is 260 g/mol. The Morgan fingerprint density at radius 3 is 2.62 bits per heavy atom. The number of alkyl halides is 1. The standard InChI is InChI=1S/C15H21Br/c1-10-7-8-12(3)14(9-10)15(16)13-6-4-5-11(13)2/h7-9,11,13,15H,4-6H2,1-3H3. The molecule has 1 aliphatic rings. The monoisotopic (exact) mass is 280 g/mol. The third-order valence-corrected chi connectivity index (χ3v) is 5.21. The molecule has 1 fully saturated rings. The van der Waals surface area contributed by atoms with E-state index in [0.717, 1.165) is 11.8 Å². The van der Waals surface area contributed by atoms with Crippen LogP contribution < -0.4 is 0 Å². The minimum atomic E-state index is 0.546. The summed E-state index contributed by atoms with van der Waals surface area (Å²) in [5, 5.41) is 0. The van der Waals surface area contributed by atoms with E-state index in [4.69, 9.17) is 0 Å². The molecule has 0 heterocycles. The highest BCUT2D eigenvalue weighted by Crippen LogP contribution is 2.45. The summed E-state index contributed by atoms with van der Waals surface area (Å²) in [5.41, 5.74) is 4.29. The van der Waals surface area contributed by atoms with Gasteiger partial charge in [0.2, 0.25) is 0 Å². The summed E-state index contributed by atoms with van der Waals surface area (Å²) in [5.74, 6) is 1.68. The Morgan fingerprint density at radius 2 is 2.00 bits per heavy atom. The molecule has 0 nitrogen and oxygen atoms in total. The average Bonchev–Trinajstić information content (AvgIpc) is 2.67. The van der Waals surface area contributed by atoms with E-state index < -0.39 is 0 Å². The van der Waals surface area contributed by atoms with Crippen molar-refractivity contribution >= 4 is 15.9 Å². The van der Waals surface area contributed by atoms with E-state index in [1.807, 2.05) is 0 Å². The SMILES string of the molecule is Cc1ccc(C)c(C(Br)C2CCCC2C)c1. The largest absolute Gasteiger partial charge is 0.0836 e. The lowest BCUT2D eigenvalue weighted by atomic mass is 9.88. The van der Waals surface area contributed by atoms with Crippen LogP contribution in [0.2, 0.25) is 0 Å². The first kappa shape index (κ1) is 12.2. The van der Waals surface area contributed by atoms with Crippen LogP contribution in [0.1, 0.15) is 47.7 Å². The summed E-state index contributed by atoms with van der Waals surface area (Å²) < 4.78 is 0. The van der Waals surface area contributed by atoms with Gasteiger partial charge in [-0.15, -0.1) is 0 Å². The molecular formula is C15H21Br. The van der Waals surface area contributed by atoms with Crippen LogP contribution in [-0.2, 0) is 0 Å². The van der Waals surface area contributed by atoms with Gasteiger partial charge in [0.05, 0.1) is 0 Å². The molecule has 1 saturated carbocycles. The second-order valence-corrected chi connectivity index (χ2v) is 6.32. The fourth-order valence-electron chi connectivity index (χ4n) is 2.90. The van der Waals surface area contributed by atoms with Crippen molar-refractivity contribution in [3.05, 3.63) is 34.9 Å². The zero-order valence-corrected chi connectivity index (χ0v) is 12.0. The number of aryl methyl sites for hydroxylation is 2. The van der Waals surface area contributed by atoms with Crippen LogP contribution in [0.5, 0.6) is 0 Å². The first-order valence-electron chi connectivity index (χ1n) is 6.31. The van der Waals surface area contributed by atoms with Crippen molar-refractivity contribution in [1.29, 1.82) is 0 Å². The highest BCUT2D eigenvalue weighted by atomic mass is 79.9. The van der Waals surface area contributed by atoms with Crippen molar-refractivity contribution in [1.82, 2.24) is 0 Å². The molecule has 16 heavy (non-hydrogen) atoms. The van der Waals surface area contributed by atoms with Crippen molar-refractivity contribution in [3.63, 3.8) is 0 Å². The first-order chi connectivity index (χ1) is 7.59. The summed E-state index contributed by atoms with van der Waals surface area (Å²) in [6, 6.07) is 6.80. The fraction of sp³-hybridized carbons (Fsp3) is 0.600. The van der Waals surface area contributed by atoms with Crippen molar-refractivity contribution < 1.29 is 0 Å². The number of benzene rings is 1. The Balaban J connectivity index is 2.25. The lowest BCUT2D eigenvalue weighted by molar-refractivity contribution is 0.413. The van der Waals surface area contributed by atoms with Gasteiger partial charge in [-0.3, -0.25) is 0 Å². The molecule has 0 N–H and O–H groups in total. The highest BCUT2D eigenvalue weighted by Gasteiger charge is 2.30. The average molecular weight is 281 g/mol. The van der Waals surface area contributed by atoms with Crippen LogP contribution in [0, 0.1) is 25.7 Å². The molecule has 88 valence electrons. The van der Waals surface area contributed by atoms with Gasteiger partial charge in [0.15, 0.2) is 0 Å². The Morgan fingerprint density at radius 1 is 1.25 bits per heavy atom. The van der Waals surface area contributed by atoms with Crippen LogP contribution in [0.4, 0.5) is 0 Å². The molecule has 1 aromatic rings. The lowest BCUT2D eigenvalue weighted by Crippen LogP contribution is -2.11. The molecule has 0 spiro atoms. The molecule has 0 aliphatic heterocycles. The number of hydrogen-bond donors (Lipinski definition) is 0. The van der Waals surface area contributed by atoms with E-state index in [9.17, 15) is 0 Å². The summed E-state index contributed by atoms with van der Waals surface area (Å²) in [4.78, 5) is 0.546. The number of halogens is 1. The van der Waals surface area contributed by atoms with Gasteiger partial charge < -0.3 is 0 Å². The molecule has 3 atom stereocenters. The molecule has 1 aliphatic carbocycles. The van der Waals surface area contributed by atoms with Gasteiger partial charge >= 0.3 is 0 Å². The van der Waals surface area contributed by atoms with E-state index in [1.54, 1.807) is 0 Å². The van der Waals surface area contributed by atoms with Crippen LogP contribution in [-0.4, -0.2) is 0 Å². The molecule has 0 saturated heterocycles. The van der Waals surface area contributed by atoms with Crippen molar-refractivity contribution in [3.8, 4) is 0 Å². The van der Waals surface area contributed by atoms with Crippen molar-refractivity contribution in [2.75, 3.05) is 0 Å². The normalized spacial score (nSPS) is 27.0. The van der Waals surface area contributed by atoms with E-state index >= 15 is 0 Å². The Labute approximate surface area is 108 Å². The summed E-state index contributed by atoms with van der Waals surface area (Å²) in [6.07, 6.45) is 4.18. The van der Waals surface area contributed by atoms with Crippen LogP contribution in [0.25, 0.3) is 0 Å². The second-order valence-electron chi connectivity index (χ2n) is 5.33. The smallest absolute Gasteiger partial charge is 0.0428 e. The van der Waals surface area contributed by atoms with Gasteiger partial charge in [0.25, 0.3) is 0 Å². The minimum Gasteiger partial charge on any atom is -0.0836 e. The fourth-order valence-corrected chi connectivity index (χ4v) is 4.18. The Kier molecular flexibility index (Phi) is 3.73. The number of hydrogen-bond acceptors (Lipinski definition) is 0. The van der Waals surface area contributed by atoms with E-state index in [2.05, 4.69) is 54.9 Å². The summed E-state index contributed by atoms with van der Waals surface area (Å²) in [6.45, 7) is 6.81. The highest BCUT2D eigenvalue weighted by molar-refractivity contribution is 9.09. The lowest BCUT2D eigenvalue weighted by Gasteiger charge is -2.24. The van der Waals surface area contributed by atoms with Gasteiger partial charge in [-0.05, 0) is 43.2 Å². The Bertz CT molecular complexity index is 370. The molecule has 1 aromatic carbocycles. The van der Waals surface area contributed by atoms with E-state index in [0.29, 0.717) is 4.83 Å². The summed E-state index contributed by atoms with van der Waals surface area (Å²) >= 11 is 3.94. The van der Waals surface area contributed by atoms with Crippen LogP contribution in [0.15, 0.2) is 18.2 Å². The Hall–Kier alpha value is -0.300. The summed E-state index contributed by atoms with van der Waals surface area (Å²) in [7, 11) is 0. The molecule has 1 heteroatoms. The molecule has 3 unspecified atom stereocenters. The molecule has 0 bridgehead atoms. The van der Waals surface area contributed by atoms with Gasteiger partial charge in [-0.25, -0.2) is 0 Å². The van der Waals surface area contributed by atoms with Gasteiger partial charge in [-0.2, -0.15) is 0 Å². The molecule has 0 aromatic heterocycles. The van der Waals surface area contributed by atoms with Crippen molar-refractivity contribution in [2.24, 2.45) is 11.8 Å². The maximum Gasteiger partial charge on any atom is 0.0428 e. The third-order valence-electron chi connectivity index (χ3n) is 4.04. The minimum absolute atomic E-state index is 0.546. The quantitative estimate of drug-likeness (QED) is 0.655. The maximum absolute atomic E-state index is 3.94. The van der Waals surface area contributed by atoms with Gasteiger partial charge in [0.1, 0.15) is 0 Å². The van der Waals surface area contributed by atoms with Crippen LogP contribution >= 0.6 is 15.9 Å².